The molecular formula is C14H31NO2PS+. The summed E-state index contributed by atoms with van der Waals surface area (Å²) in [6, 6.07) is 0. The van der Waals surface area contributed by atoms with Gasteiger partial charge in [-0.15, -0.1) is 0 Å². The number of likely N-dealkylation sites (tertiary alicyclic amines) is 1. The largest absolute Gasteiger partial charge is 0.333 e. The van der Waals surface area contributed by atoms with Crippen molar-refractivity contribution in [1.29, 1.82) is 0 Å². The van der Waals surface area contributed by atoms with Crippen LogP contribution >= 0.6 is 6.49 Å². The molecule has 0 unspecified atom stereocenters. The van der Waals surface area contributed by atoms with E-state index in [2.05, 4.69) is 13.8 Å². The van der Waals surface area contributed by atoms with Crippen LogP contribution in [0.1, 0.15) is 52.4 Å². The average molecular weight is 308 g/mol. The molecule has 1 heterocycles. The van der Waals surface area contributed by atoms with Gasteiger partial charge in [-0.05, 0) is 44.4 Å². The van der Waals surface area contributed by atoms with Gasteiger partial charge in [0.1, 0.15) is 12.6 Å². The molecule has 2 atom stereocenters. The second kappa shape index (κ2) is 9.46. The molecule has 114 valence electrons. The van der Waals surface area contributed by atoms with E-state index in [1.54, 1.807) is 4.90 Å². The van der Waals surface area contributed by atoms with Crippen LogP contribution in [0, 0.1) is 0 Å². The lowest BCUT2D eigenvalue weighted by atomic mass is 10.1. The molecule has 0 aromatic heterocycles. The first-order chi connectivity index (χ1) is 9.03. The molecule has 1 fully saturated rings. The Morgan fingerprint density at radius 1 is 1.21 bits per heavy atom. The number of hydrogen-bond acceptors (Lipinski definition) is 3. The van der Waals surface area contributed by atoms with Gasteiger partial charge in [-0.1, -0.05) is 19.8 Å². The molecule has 1 aliphatic heterocycles. The van der Waals surface area contributed by atoms with Crippen molar-refractivity contribution in [2.24, 2.45) is 0 Å². The standard InChI is InChI=1S/C14H30NO2PS/c1-4-5-9-12-16-18(3,19)17-14(2)13-15-10-7-6-8-11-15/h14H,4-13H2,1-3H3/p+1/t14-,18-/m1/s1. The normalized spacial score (nSPS) is 22.1. The Kier molecular flexibility index (Phi) is 8.76. The summed E-state index contributed by atoms with van der Waals surface area (Å²) in [6.45, 7) is 8.68. The van der Waals surface area contributed by atoms with Crippen molar-refractivity contribution in [2.75, 3.05) is 32.9 Å². The number of quaternary nitrogens is 1. The fourth-order valence-corrected chi connectivity index (χ4v) is 4.55. The Morgan fingerprint density at radius 3 is 2.53 bits per heavy atom. The Morgan fingerprint density at radius 2 is 1.89 bits per heavy atom. The molecule has 0 aromatic carbocycles. The Labute approximate surface area is 124 Å². The fourth-order valence-electron chi connectivity index (χ4n) is 2.64. The van der Waals surface area contributed by atoms with E-state index in [-0.39, 0.29) is 6.10 Å². The van der Waals surface area contributed by atoms with Crippen LogP contribution in [0.3, 0.4) is 0 Å². The third-order valence-electron chi connectivity index (χ3n) is 3.58. The van der Waals surface area contributed by atoms with Crippen LogP contribution < -0.4 is 4.90 Å². The summed E-state index contributed by atoms with van der Waals surface area (Å²) in [5.74, 6) is 0. The molecule has 19 heavy (non-hydrogen) atoms. The summed E-state index contributed by atoms with van der Waals surface area (Å²) in [7, 11) is 0. The first kappa shape index (κ1) is 17.6. The molecule has 1 N–H and O–H groups in total. The van der Waals surface area contributed by atoms with Crippen molar-refractivity contribution in [2.45, 2.75) is 58.5 Å². The van der Waals surface area contributed by atoms with E-state index in [0.717, 1.165) is 19.6 Å². The van der Waals surface area contributed by atoms with E-state index in [4.69, 9.17) is 20.9 Å². The zero-order chi connectivity index (χ0) is 14.1. The summed E-state index contributed by atoms with van der Waals surface area (Å²) < 4.78 is 11.8. The van der Waals surface area contributed by atoms with E-state index in [9.17, 15) is 0 Å². The van der Waals surface area contributed by atoms with Gasteiger partial charge in [0.05, 0.1) is 19.7 Å². The number of piperidine rings is 1. The minimum absolute atomic E-state index is 0.218. The molecule has 1 saturated heterocycles. The van der Waals surface area contributed by atoms with Gasteiger partial charge in [-0.25, -0.2) is 0 Å². The van der Waals surface area contributed by atoms with Gasteiger partial charge in [0.25, 0.3) is 0 Å². The van der Waals surface area contributed by atoms with Gasteiger partial charge in [0.15, 0.2) is 6.49 Å². The smallest absolute Gasteiger partial charge is 0.186 e. The van der Waals surface area contributed by atoms with Crippen LogP contribution in [-0.2, 0) is 20.9 Å². The second-order valence-corrected chi connectivity index (χ2v) is 9.74. The highest BCUT2D eigenvalue weighted by Crippen LogP contribution is 2.45. The van der Waals surface area contributed by atoms with Crippen molar-refractivity contribution in [3.05, 3.63) is 0 Å². The first-order valence-corrected chi connectivity index (χ1v) is 10.9. The number of unbranched alkanes of at least 4 members (excludes halogenated alkanes) is 2. The van der Waals surface area contributed by atoms with E-state index < -0.39 is 6.49 Å². The van der Waals surface area contributed by atoms with Crippen molar-refractivity contribution in [3.63, 3.8) is 0 Å². The molecule has 3 nitrogen and oxygen atoms in total. The summed E-state index contributed by atoms with van der Waals surface area (Å²) in [5, 5.41) is 0. The molecule has 0 amide bonds. The maximum absolute atomic E-state index is 6.00. The van der Waals surface area contributed by atoms with Gasteiger partial charge in [0.2, 0.25) is 0 Å². The summed E-state index contributed by atoms with van der Waals surface area (Å²) in [4.78, 5) is 1.67. The van der Waals surface area contributed by atoms with E-state index in [1.165, 1.54) is 45.2 Å². The molecule has 0 aliphatic carbocycles. The van der Waals surface area contributed by atoms with Gasteiger partial charge >= 0.3 is 0 Å². The number of nitrogens with one attached hydrogen (secondary N) is 1. The lowest BCUT2D eigenvalue weighted by Crippen LogP contribution is -3.13. The number of rotatable bonds is 9. The van der Waals surface area contributed by atoms with Gasteiger partial charge in [0, 0.05) is 6.66 Å². The highest BCUT2D eigenvalue weighted by atomic mass is 32.5. The van der Waals surface area contributed by atoms with Gasteiger partial charge in [-0.2, -0.15) is 0 Å². The molecule has 0 radical (unpaired) electrons. The maximum Gasteiger partial charge on any atom is 0.186 e. The average Bonchev–Trinajstić information content (AvgIpc) is 2.35. The van der Waals surface area contributed by atoms with Gasteiger partial charge < -0.3 is 13.9 Å². The van der Waals surface area contributed by atoms with E-state index >= 15 is 0 Å². The molecule has 1 rings (SSSR count). The van der Waals surface area contributed by atoms with Crippen molar-refractivity contribution >= 4 is 18.3 Å². The highest BCUT2D eigenvalue weighted by Gasteiger charge is 2.21. The first-order valence-electron chi connectivity index (χ1n) is 7.77. The lowest BCUT2D eigenvalue weighted by Gasteiger charge is -2.28. The quantitative estimate of drug-likeness (QED) is 0.523. The fraction of sp³-hybridized carbons (Fsp3) is 1.00. The second-order valence-electron chi connectivity index (χ2n) is 5.74. The van der Waals surface area contributed by atoms with Crippen LogP contribution in [0.2, 0.25) is 0 Å². The zero-order valence-corrected chi connectivity index (χ0v) is 14.5. The monoisotopic (exact) mass is 308 g/mol. The minimum Gasteiger partial charge on any atom is -0.333 e. The number of hydrogen-bond donors (Lipinski definition) is 1. The summed E-state index contributed by atoms with van der Waals surface area (Å²) >= 11 is 5.49. The van der Waals surface area contributed by atoms with Crippen molar-refractivity contribution < 1.29 is 13.9 Å². The Hall–Kier alpha value is 0.530. The highest BCUT2D eigenvalue weighted by molar-refractivity contribution is 8.09. The van der Waals surface area contributed by atoms with Crippen LogP contribution in [-0.4, -0.2) is 39.0 Å². The van der Waals surface area contributed by atoms with Crippen LogP contribution in [0.5, 0.6) is 0 Å². The third kappa shape index (κ3) is 8.41. The van der Waals surface area contributed by atoms with Crippen molar-refractivity contribution in [3.8, 4) is 0 Å². The molecule has 0 bridgehead atoms. The Balaban J connectivity index is 2.20. The predicted octanol–water partition coefficient (Wildman–Crippen LogP) is 2.61. The maximum atomic E-state index is 6.00. The summed E-state index contributed by atoms with van der Waals surface area (Å²) in [6.07, 6.45) is 7.85. The molecule has 1 aliphatic rings. The van der Waals surface area contributed by atoms with Crippen LogP contribution in [0.25, 0.3) is 0 Å². The third-order valence-corrected chi connectivity index (χ3v) is 5.55. The predicted molar refractivity (Wildman–Crippen MR) is 85.6 cm³/mol. The van der Waals surface area contributed by atoms with E-state index in [0.29, 0.717) is 0 Å². The SMILES string of the molecule is CCCCCO[P@@](C)(=S)O[C@H](C)C[NH+]1CCCCC1. The van der Waals surface area contributed by atoms with Crippen molar-refractivity contribution in [1.82, 2.24) is 0 Å². The van der Waals surface area contributed by atoms with E-state index in [1.807, 2.05) is 6.66 Å². The Bertz CT molecular complexity index is 283. The minimum atomic E-state index is -2.04. The molecular weight excluding hydrogens is 277 g/mol. The van der Waals surface area contributed by atoms with Gasteiger partial charge in [-0.3, -0.25) is 0 Å². The molecule has 0 aromatic rings. The molecule has 0 saturated carbocycles. The molecule has 0 spiro atoms. The lowest BCUT2D eigenvalue weighted by molar-refractivity contribution is -0.907. The summed E-state index contributed by atoms with van der Waals surface area (Å²) in [5.41, 5.74) is 0. The zero-order valence-electron chi connectivity index (χ0n) is 12.8. The molecule has 5 heteroatoms. The van der Waals surface area contributed by atoms with Crippen LogP contribution in [0.4, 0.5) is 0 Å². The van der Waals surface area contributed by atoms with Crippen LogP contribution in [0.15, 0.2) is 0 Å². The topological polar surface area (TPSA) is 22.9 Å².